The van der Waals surface area contributed by atoms with Gasteiger partial charge in [0.15, 0.2) is 0 Å². The summed E-state index contributed by atoms with van der Waals surface area (Å²) in [4.78, 5) is 10.2. The van der Waals surface area contributed by atoms with Crippen molar-refractivity contribution in [3.05, 3.63) is 0 Å². The van der Waals surface area contributed by atoms with Gasteiger partial charge < -0.3 is 15.6 Å². The first-order valence-corrected chi connectivity index (χ1v) is 4.22. The van der Waals surface area contributed by atoms with E-state index in [4.69, 9.17) is 0 Å². The van der Waals surface area contributed by atoms with Gasteiger partial charge in [0.05, 0.1) is 5.97 Å². The van der Waals surface area contributed by atoms with E-state index in [1.165, 1.54) is 12.8 Å². The maximum atomic E-state index is 10.2. The monoisotopic (exact) mass is 159 g/mol. The van der Waals surface area contributed by atoms with E-state index in [9.17, 15) is 9.90 Å². The molecule has 0 unspecified atom stereocenters. The molecule has 0 aliphatic carbocycles. The molecule has 1 atom stereocenters. The molecule has 3 nitrogen and oxygen atoms in total. The Kier molecular flexibility index (Phi) is 5.84. The minimum absolute atomic E-state index is 0.521. The molecule has 0 fully saturated rings. The maximum Gasteiger partial charge on any atom is 0.124 e. The summed E-state index contributed by atoms with van der Waals surface area (Å²) in [6.45, 7) is 2.13. The lowest BCUT2D eigenvalue weighted by atomic mass is 10.1. The van der Waals surface area contributed by atoms with Crippen LogP contribution in [0.2, 0.25) is 0 Å². The lowest BCUT2D eigenvalue weighted by Gasteiger charge is -2.07. The molecule has 0 spiro atoms. The van der Waals surface area contributed by atoms with Crippen LogP contribution in [0, 0.1) is 0 Å². The maximum absolute atomic E-state index is 10.2. The molecule has 0 radical (unpaired) electrons. The lowest BCUT2D eigenvalue weighted by molar-refractivity contribution is -0.438. The molecule has 0 aromatic heterocycles. The second kappa shape index (κ2) is 6.16. The molecule has 0 aromatic carbocycles. The van der Waals surface area contributed by atoms with Gasteiger partial charge in [-0.2, -0.15) is 0 Å². The predicted molar refractivity (Wildman–Crippen MR) is 40.4 cm³/mol. The summed E-state index contributed by atoms with van der Waals surface area (Å²) in [6.07, 6.45) is 5.07. The molecule has 0 heterocycles. The molecule has 66 valence electrons. The fraction of sp³-hybridized carbons (Fsp3) is 0.875. The number of unbranched alkanes of at least 4 members (excludes halogenated alkanes) is 3. The average molecular weight is 159 g/mol. The molecule has 0 aliphatic rings. The van der Waals surface area contributed by atoms with Crippen LogP contribution in [-0.2, 0) is 4.79 Å². The number of hydrogen-bond acceptors (Lipinski definition) is 2. The van der Waals surface area contributed by atoms with E-state index in [0.717, 1.165) is 12.8 Å². The van der Waals surface area contributed by atoms with E-state index < -0.39 is 12.0 Å². The van der Waals surface area contributed by atoms with Crippen molar-refractivity contribution in [3.63, 3.8) is 0 Å². The Morgan fingerprint density at radius 3 is 2.55 bits per heavy atom. The molecule has 0 aliphatic heterocycles. The van der Waals surface area contributed by atoms with Gasteiger partial charge in [0.1, 0.15) is 6.04 Å². The molecule has 0 rings (SSSR count). The van der Waals surface area contributed by atoms with Crippen LogP contribution in [0.1, 0.15) is 39.0 Å². The first-order chi connectivity index (χ1) is 5.18. The lowest BCUT2D eigenvalue weighted by Crippen LogP contribution is -2.68. The molecule has 0 saturated heterocycles. The zero-order valence-corrected chi connectivity index (χ0v) is 7.14. The van der Waals surface area contributed by atoms with Crippen molar-refractivity contribution in [1.29, 1.82) is 0 Å². The molecule has 3 N–H and O–H groups in total. The molecular weight excluding hydrogens is 142 g/mol. The summed E-state index contributed by atoms with van der Waals surface area (Å²) in [5, 5.41) is 10.2. The van der Waals surface area contributed by atoms with E-state index in [2.05, 4.69) is 12.7 Å². The van der Waals surface area contributed by atoms with Gasteiger partial charge in [0.2, 0.25) is 0 Å². The van der Waals surface area contributed by atoms with Crippen molar-refractivity contribution in [3.8, 4) is 0 Å². The van der Waals surface area contributed by atoms with E-state index in [1.54, 1.807) is 0 Å². The first kappa shape index (κ1) is 10.4. The summed E-state index contributed by atoms with van der Waals surface area (Å²) >= 11 is 0. The van der Waals surface area contributed by atoms with Gasteiger partial charge in [-0.05, 0) is 6.42 Å². The van der Waals surface area contributed by atoms with E-state index >= 15 is 0 Å². The molecule has 3 heteroatoms. The Morgan fingerprint density at radius 1 is 1.45 bits per heavy atom. The second-order valence-electron chi connectivity index (χ2n) is 2.87. The van der Waals surface area contributed by atoms with Gasteiger partial charge in [-0.3, -0.25) is 0 Å². The van der Waals surface area contributed by atoms with Crippen molar-refractivity contribution in [2.45, 2.75) is 45.1 Å². The first-order valence-electron chi connectivity index (χ1n) is 4.22. The number of carbonyl (C=O) groups excluding carboxylic acids is 1. The van der Waals surface area contributed by atoms with Crippen LogP contribution < -0.4 is 10.8 Å². The van der Waals surface area contributed by atoms with Crippen LogP contribution in [0.25, 0.3) is 0 Å². The second-order valence-corrected chi connectivity index (χ2v) is 2.87. The smallest absolute Gasteiger partial charge is 0.124 e. The summed E-state index contributed by atoms with van der Waals surface area (Å²) in [6, 6.07) is -0.521. The van der Waals surface area contributed by atoms with Gasteiger partial charge in [0, 0.05) is 6.42 Å². The van der Waals surface area contributed by atoms with E-state index in [-0.39, 0.29) is 0 Å². The van der Waals surface area contributed by atoms with Gasteiger partial charge in [-0.1, -0.05) is 26.2 Å². The zero-order chi connectivity index (χ0) is 8.69. The molecule has 0 bridgehead atoms. The van der Waals surface area contributed by atoms with Crippen molar-refractivity contribution >= 4 is 5.97 Å². The topological polar surface area (TPSA) is 67.8 Å². The largest absolute Gasteiger partial charge is 0.544 e. The van der Waals surface area contributed by atoms with Crippen molar-refractivity contribution in [2.75, 3.05) is 0 Å². The Morgan fingerprint density at radius 2 is 2.09 bits per heavy atom. The van der Waals surface area contributed by atoms with E-state index in [0.29, 0.717) is 6.42 Å². The standard InChI is InChI=1S/C8H17NO2/c1-2-3-4-5-6-7(9)8(10)11/h7H,2-6,9H2,1H3,(H,10,11)/t7-/m1/s1. The molecule has 0 saturated carbocycles. The van der Waals surface area contributed by atoms with Crippen LogP contribution in [0.15, 0.2) is 0 Å². The van der Waals surface area contributed by atoms with Gasteiger partial charge in [-0.15, -0.1) is 0 Å². The minimum atomic E-state index is -1.03. The van der Waals surface area contributed by atoms with Crippen LogP contribution in [-0.4, -0.2) is 12.0 Å². The van der Waals surface area contributed by atoms with Crippen LogP contribution >= 0.6 is 0 Å². The zero-order valence-electron chi connectivity index (χ0n) is 7.14. The number of quaternary nitrogens is 1. The highest BCUT2D eigenvalue weighted by atomic mass is 16.4. The fourth-order valence-electron chi connectivity index (χ4n) is 0.935. The quantitative estimate of drug-likeness (QED) is 0.522. The minimum Gasteiger partial charge on any atom is -0.544 e. The summed E-state index contributed by atoms with van der Waals surface area (Å²) < 4.78 is 0. The summed E-state index contributed by atoms with van der Waals surface area (Å²) in [5.41, 5.74) is 3.47. The van der Waals surface area contributed by atoms with Crippen molar-refractivity contribution in [2.24, 2.45) is 0 Å². The molecule has 11 heavy (non-hydrogen) atoms. The number of carboxylic acid groups (broad SMARTS) is 1. The number of rotatable bonds is 6. The normalized spacial score (nSPS) is 12.9. The number of carboxylic acids is 1. The van der Waals surface area contributed by atoms with Crippen molar-refractivity contribution in [1.82, 2.24) is 0 Å². The number of aliphatic carboxylic acids is 1. The molecule has 0 amide bonds. The van der Waals surface area contributed by atoms with Gasteiger partial charge >= 0.3 is 0 Å². The Balaban J connectivity index is 3.17. The SMILES string of the molecule is CCCCCC[C@@H]([NH3+])C(=O)[O-]. The Hall–Kier alpha value is -0.570. The third-order valence-electron chi connectivity index (χ3n) is 1.74. The summed E-state index contributed by atoms with van der Waals surface area (Å²) in [5.74, 6) is -1.03. The highest BCUT2D eigenvalue weighted by Crippen LogP contribution is 2.02. The van der Waals surface area contributed by atoms with Crippen LogP contribution in [0.5, 0.6) is 0 Å². The average Bonchev–Trinajstić information content (AvgIpc) is 1.97. The number of carbonyl (C=O) groups is 1. The van der Waals surface area contributed by atoms with Crippen LogP contribution in [0.3, 0.4) is 0 Å². The molecular formula is C8H17NO2. The highest BCUT2D eigenvalue weighted by molar-refractivity contribution is 5.68. The third-order valence-corrected chi connectivity index (χ3v) is 1.74. The molecule has 0 aromatic rings. The van der Waals surface area contributed by atoms with Gasteiger partial charge in [-0.25, -0.2) is 0 Å². The third kappa shape index (κ3) is 5.85. The van der Waals surface area contributed by atoms with Crippen LogP contribution in [0.4, 0.5) is 0 Å². The highest BCUT2D eigenvalue weighted by Gasteiger charge is 2.05. The number of hydrogen-bond donors (Lipinski definition) is 1. The van der Waals surface area contributed by atoms with E-state index in [1.807, 2.05) is 0 Å². The Labute approximate surface area is 67.6 Å². The van der Waals surface area contributed by atoms with Gasteiger partial charge in [0.25, 0.3) is 0 Å². The predicted octanol–water partition coefficient (Wildman–Crippen LogP) is -0.683. The fourth-order valence-corrected chi connectivity index (χ4v) is 0.935. The van der Waals surface area contributed by atoms with Crippen molar-refractivity contribution < 1.29 is 15.6 Å². The summed E-state index contributed by atoms with van der Waals surface area (Å²) in [7, 11) is 0. The Bertz CT molecular complexity index is 115.